The first kappa shape index (κ1) is 14.3. The molecule has 0 radical (unpaired) electrons. The van der Waals surface area contributed by atoms with Crippen LogP contribution in [0.1, 0.15) is 32.6 Å². The van der Waals surface area contributed by atoms with Gasteiger partial charge in [0.05, 0.1) is 17.4 Å². The highest BCUT2D eigenvalue weighted by molar-refractivity contribution is 5.90. The van der Waals surface area contributed by atoms with E-state index in [2.05, 4.69) is 39.5 Å². The third-order valence-electron chi connectivity index (χ3n) is 4.25. The van der Waals surface area contributed by atoms with E-state index in [1.807, 2.05) is 18.3 Å². The number of fused-ring (bicyclic) bond motifs is 1. The van der Waals surface area contributed by atoms with Gasteiger partial charge >= 0.3 is 0 Å². The zero-order valence-corrected chi connectivity index (χ0v) is 12.8. The van der Waals surface area contributed by atoms with Crippen LogP contribution < -0.4 is 10.2 Å². The summed E-state index contributed by atoms with van der Waals surface area (Å²) in [4.78, 5) is 2.49. The Labute approximate surface area is 126 Å². The summed E-state index contributed by atoms with van der Waals surface area (Å²) in [5.41, 5.74) is 2.21. The predicted octanol–water partition coefficient (Wildman–Crippen LogP) is 2.99. The average molecular weight is 284 g/mol. The highest BCUT2D eigenvalue weighted by atomic mass is 15.2. The minimum atomic E-state index is 0.605. The maximum Gasteiger partial charge on any atom is 0.0950 e. The van der Waals surface area contributed by atoms with E-state index in [1.54, 1.807) is 0 Å². The number of nitrogens with one attached hydrogen (secondary N) is 1. The molecule has 2 heterocycles. The summed E-state index contributed by atoms with van der Waals surface area (Å²) >= 11 is 0. The number of nitrogens with zero attached hydrogens (tertiary/aromatic N) is 3. The molecule has 3 rings (SSSR count). The molecule has 0 bridgehead atoms. The molecular weight excluding hydrogens is 260 g/mol. The van der Waals surface area contributed by atoms with E-state index < -0.39 is 0 Å². The van der Waals surface area contributed by atoms with Crippen LogP contribution >= 0.6 is 0 Å². The Morgan fingerprint density at radius 2 is 2.24 bits per heavy atom. The molecule has 4 nitrogen and oxygen atoms in total. The normalized spacial score (nSPS) is 18.2. The molecule has 0 aliphatic carbocycles. The monoisotopic (exact) mass is 284 g/mol. The van der Waals surface area contributed by atoms with Gasteiger partial charge in [-0.1, -0.05) is 31.5 Å². The van der Waals surface area contributed by atoms with Crippen LogP contribution in [0.5, 0.6) is 0 Å². The van der Waals surface area contributed by atoms with Gasteiger partial charge in [-0.05, 0) is 31.9 Å². The van der Waals surface area contributed by atoms with Crippen molar-refractivity contribution in [2.45, 2.75) is 38.6 Å². The van der Waals surface area contributed by atoms with Crippen LogP contribution in [-0.4, -0.2) is 35.9 Å². The van der Waals surface area contributed by atoms with Crippen LogP contribution in [0.15, 0.2) is 30.5 Å². The molecule has 2 aromatic rings. The fraction of sp³-hybridized carbons (Fsp3) is 0.529. The van der Waals surface area contributed by atoms with Crippen molar-refractivity contribution in [3.63, 3.8) is 0 Å². The summed E-state index contributed by atoms with van der Waals surface area (Å²) < 4.78 is 0. The van der Waals surface area contributed by atoms with Crippen molar-refractivity contribution >= 4 is 16.6 Å². The molecule has 1 atom stereocenters. The molecule has 21 heavy (non-hydrogen) atoms. The largest absolute Gasteiger partial charge is 0.368 e. The molecule has 1 aromatic heterocycles. The molecule has 112 valence electrons. The van der Waals surface area contributed by atoms with Gasteiger partial charge in [0.1, 0.15) is 0 Å². The zero-order valence-electron chi connectivity index (χ0n) is 12.8. The van der Waals surface area contributed by atoms with Gasteiger partial charge in [-0.25, -0.2) is 0 Å². The van der Waals surface area contributed by atoms with E-state index in [4.69, 9.17) is 0 Å². The maximum atomic E-state index is 4.24. The molecule has 0 spiro atoms. The van der Waals surface area contributed by atoms with E-state index in [1.165, 1.54) is 36.8 Å². The highest BCUT2D eigenvalue weighted by Gasteiger charge is 2.19. The summed E-state index contributed by atoms with van der Waals surface area (Å²) in [5, 5.41) is 13.3. The van der Waals surface area contributed by atoms with Crippen LogP contribution in [0.25, 0.3) is 10.9 Å². The van der Waals surface area contributed by atoms with Gasteiger partial charge in [0, 0.05) is 24.5 Å². The predicted molar refractivity (Wildman–Crippen MR) is 87.7 cm³/mol. The number of unbranched alkanes of at least 4 members (excludes halogenated alkanes) is 1. The van der Waals surface area contributed by atoms with Crippen LogP contribution in [0, 0.1) is 0 Å². The lowest BCUT2D eigenvalue weighted by molar-refractivity contribution is 0.572. The van der Waals surface area contributed by atoms with Gasteiger partial charge in [0.25, 0.3) is 0 Å². The van der Waals surface area contributed by atoms with Crippen molar-refractivity contribution in [2.75, 3.05) is 24.5 Å². The molecule has 1 N–H and O–H groups in total. The number of aromatic nitrogens is 2. The standard InChI is InChI=1S/C17H24N4/c1-2-3-11-21(13-14-7-6-10-18-14)17-12-19-20-16-9-5-4-8-15(16)17/h4-5,8-9,12,14,18H,2-3,6-7,10-11,13H2,1H3. The van der Waals surface area contributed by atoms with E-state index in [0.717, 1.165) is 25.2 Å². The van der Waals surface area contributed by atoms with Crippen molar-refractivity contribution in [3.05, 3.63) is 30.5 Å². The zero-order chi connectivity index (χ0) is 14.5. The second-order valence-electron chi connectivity index (χ2n) is 5.84. The highest BCUT2D eigenvalue weighted by Crippen LogP contribution is 2.25. The Morgan fingerprint density at radius 1 is 1.33 bits per heavy atom. The summed E-state index contributed by atoms with van der Waals surface area (Å²) in [6.45, 7) is 5.55. The minimum Gasteiger partial charge on any atom is -0.368 e. The van der Waals surface area contributed by atoms with Gasteiger partial charge < -0.3 is 10.2 Å². The fourth-order valence-corrected chi connectivity index (χ4v) is 3.08. The first-order valence-electron chi connectivity index (χ1n) is 8.07. The van der Waals surface area contributed by atoms with Gasteiger partial charge in [-0.2, -0.15) is 10.2 Å². The van der Waals surface area contributed by atoms with Gasteiger partial charge in [0.2, 0.25) is 0 Å². The molecule has 1 aliphatic heterocycles. The van der Waals surface area contributed by atoms with E-state index in [9.17, 15) is 0 Å². The molecule has 1 aliphatic rings. The third kappa shape index (κ3) is 3.32. The van der Waals surface area contributed by atoms with Crippen LogP contribution in [0.3, 0.4) is 0 Å². The first-order chi connectivity index (χ1) is 10.4. The topological polar surface area (TPSA) is 41.0 Å². The smallest absolute Gasteiger partial charge is 0.0950 e. The lowest BCUT2D eigenvalue weighted by Crippen LogP contribution is -2.38. The quantitative estimate of drug-likeness (QED) is 0.885. The maximum absolute atomic E-state index is 4.24. The summed E-state index contributed by atoms with van der Waals surface area (Å²) in [6, 6.07) is 8.90. The van der Waals surface area contributed by atoms with E-state index in [0.29, 0.717) is 6.04 Å². The minimum absolute atomic E-state index is 0.605. The van der Waals surface area contributed by atoms with Crippen LogP contribution in [-0.2, 0) is 0 Å². The second-order valence-corrected chi connectivity index (χ2v) is 5.84. The fourth-order valence-electron chi connectivity index (χ4n) is 3.08. The Hall–Kier alpha value is -1.68. The molecule has 1 unspecified atom stereocenters. The second kappa shape index (κ2) is 6.85. The van der Waals surface area contributed by atoms with Gasteiger partial charge in [-0.3, -0.25) is 0 Å². The Morgan fingerprint density at radius 3 is 3.05 bits per heavy atom. The molecule has 0 amide bonds. The summed E-state index contributed by atoms with van der Waals surface area (Å²) in [6.07, 6.45) is 6.92. The van der Waals surface area contributed by atoms with Crippen molar-refractivity contribution in [1.82, 2.24) is 15.5 Å². The van der Waals surface area contributed by atoms with Gasteiger partial charge in [-0.15, -0.1) is 0 Å². The number of hydrogen-bond donors (Lipinski definition) is 1. The van der Waals surface area contributed by atoms with Crippen molar-refractivity contribution < 1.29 is 0 Å². The third-order valence-corrected chi connectivity index (χ3v) is 4.25. The summed E-state index contributed by atoms with van der Waals surface area (Å²) in [5.74, 6) is 0. The van der Waals surface area contributed by atoms with E-state index in [-0.39, 0.29) is 0 Å². The van der Waals surface area contributed by atoms with Crippen molar-refractivity contribution in [3.8, 4) is 0 Å². The van der Waals surface area contributed by atoms with Gasteiger partial charge in [0.15, 0.2) is 0 Å². The van der Waals surface area contributed by atoms with E-state index >= 15 is 0 Å². The molecule has 4 heteroatoms. The number of anilines is 1. The summed E-state index contributed by atoms with van der Waals surface area (Å²) in [7, 11) is 0. The number of hydrogen-bond acceptors (Lipinski definition) is 4. The van der Waals surface area contributed by atoms with Crippen LogP contribution in [0.2, 0.25) is 0 Å². The Bertz CT molecular complexity index is 573. The molecular formula is C17H24N4. The lowest BCUT2D eigenvalue weighted by atomic mass is 10.1. The number of rotatable bonds is 6. The Balaban J connectivity index is 1.89. The van der Waals surface area contributed by atoms with Crippen molar-refractivity contribution in [1.29, 1.82) is 0 Å². The lowest BCUT2D eigenvalue weighted by Gasteiger charge is -2.28. The molecule has 1 saturated heterocycles. The Kier molecular flexibility index (Phi) is 4.65. The molecule has 0 saturated carbocycles. The average Bonchev–Trinajstić information content (AvgIpc) is 3.04. The van der Waals surface area contributed by atoms with Crippen LogP contribution in [0.4, 0.5) is 5.69 Å². The molecule has 1 fully saturated rings. The first-order valence-corrected chi connectivity index (χ1v) is 8.07. The number of benzene rings is 1. The SMILES string of the molecule is CCCCN(CC1CCCN1)c1cnnc2ccccc12. The molecule has 1 aromatic carbocycles. The van der Waals surface area contributed by atoms with Crippen molar-refractivity contribution in [2.24, 2.45) is 0 Å².